The van der Waals surface area contributed by atoms with Gasteiger partial charge in [0.2, 0.25) is 0 Å². The normalized spacial score (nSPS) is 12.0. The van der Waals surface area contributed by atoms with Gasteiger partial charge in [-0.1, -0.05) is 52.6 Å². The number of aromatic nitrogens is 2. The summed E-state index contributed by atoms with van der Waals surface area (Å²) in [5, 5.41) is 14.7. The molecule has 0 unspecified atom stereocenters. The number of hydrogen-bond donors (Lipinski definition) is 0. The number of aryl methyl sites for hydroxylation is 4. The summed E-state index contributed by atoms with van der Waals surface area (Å²) in [6.45, 7) is 8.16. The SMILES string of the molecule is Cc1ccc2c(c1)c1cc(C)ccc1n2-c1ccc(C(F)(F)F)cc1-c1c(C#N)cccc1-n1c2ccc(C)cc2c2cc(C)ccc21. The molecule has 234 valence electrons. The van der Waals surface area contributed by atoms with Gasteiger partial charge in [0.1, 0.15) is 0 Å². The van der Waals surface area contributed by atoms with E-state index in [-0.39, 0.29) is 5.56 Å². The van der Waals surface area contributed by atoms with Crippen molar-refractivity contribution in [3.05, 3.63) is 143 Å². The molecule has 0 amide bonds. The molecule has 0 saturated carbocycles. The lowest BCUT2D eigenvalue weighted by atomic mass is 9.94. The highest BCUT2D eigenvalue weighted by atomic mass is 19.4. The van der Waals surface area contributed by atoms with E-state index in [1.54, 1.807) is 18.2 Å². The number of alkyl halides is 3. The molecule has 0 aliphatic heterocycles. The van der Waals surface area contributed by atoms with Gasteiger partial charge >= 0.3 is 6.18 Å². The van der Waals surface area contributed by atoms with Crippen LogP contribution in [0, 0.1) is 39.0 Å². The second kappa shape index (κ2) is 10.6. The van der Waals surface area contributed by atoms with E-state index in [2.05, 4.69) is 34.9 Å². The van der Waals surface area contributed by atoms with Crippen molar-refractivity contribution in [1.29, 1.82) is 5.26 Å². The van der Waals surface area contributed by atoms with E-state index in [0.717, 1.165) is 71.9 Å². The predicted molar refractivity (Wildman–Crippen MR) is 189 cm³/mol. The Hall–Kier alpha value is -5.80. The Morgan fingerprint density at radius 1 is 0.521 bits per heavy atom. The fourth-order valence-corrected chi connectivity index (χ4v) is 7.23. The van der Waals surface area contributed by atoms with E-state index in [0.29, 0.717) is 22.5 Å². The van der Waals surface area contributed by atoms with Crippen LogP contribution in [0.1, 0.15) is 33.4 Å². The highest BCUT2D eigenvalue weighted by Crippen LogP contribution is 2.44. The molecule has 0 bridgehead atoms. The van der Waals surface area contributed by atoms with Crippen molar-refractivity contribution in [1.82, 2.24) is 9.13 Å². The van der Waals surface area contributed by atoms with Gasteiger partial charge in [0.15, 0.2) is 0 Å². The highest BCUT2D eigenvalue weighted by molar-refractivity contribution is 6.12. The lowest BCUT2D eigenvalue weighted by Gasteiger charge is -2.21. The molecule has 6 heteroatoms. The van der Waals surface area contributed by atoms with Gasteiger partial charge in [-0.3, -0.25) is 0 Å². The minimum atomic E-state index is -4.59. The summed E-state index contributed by atoms with van der Waals surface area (Å²) in [7, 11) is 0. The number of benzene rings is 6. The molecule has 6 aromatic carbocycles. The zero-order chi connectivity index (χ0) is 33.5. The van der Waals surface area contributed by atoms with E-state index in [1.807, 2.05) is 86.9 Å². The molecule has 48 heavy (non-hydrogen) atoms. The van der Waals surface area contributed by atoms with Crippen LogP contribution < -0.4 is 0 Å². The molecule has 8 rings (SSSR count). The van der Waals surface area contributed by atoms with Crippen LogP contribution in [0.3, 0.4) is 0 Å². The summed E-state index contributed by atoms with van der Waals surface area (Å²) in [5.41, 5.74) is 9.43. The molecule has 0 atom stereocenters. The highest BCUT2D eigenvalue weighted by Gasteiger charge is 2.33. The molecule has 0 saturated heterocycles. The number of halogens is 3. The van der Waals surface area contributed by atoms with Gasteiger partial charge in [-0.25, -0.2) is 0 Å². The average Bonchev–Trinajstić information content (AvgIpc) is 3.54. The zero-order valence-corrected chi connectivity index (χ0v) is 26.9. The molecule has 8 aromatic rings. The van der Waals surface area contributed by atoms with Crippen LogP contribution in [0.5, 0.6) is 0 Å². The number of nitriles is 1. The Kier molecular flexibility index (Phi) is 6.54. The molecule has 2 heterocycles. The smallest absolute Gasteiger partial charge is 0.309 e. The van der Waals surface area contributed by atoms with Crippen LogP contribution in [-0.2, 0) is 6.18 Å². The van der Waals surface area contributed by atoms with Crippen LogP contribution in [-0.4, -0.2) is 9.13 Å². The topological polar surface area (TPSA) is 33.6 Å². The van der Waals surface area contributed by atoms with E-state index < -0.39 is 11.7 Å². The van der Waals surface area contributed by atoms with Crippen molar-refractivity contribution in [3.63, 3.8) is 0 Å². The lowest BCUT2D eigenvalue weighted by molar-refractivity contribution is -0.137. The molecule has 0 N–H and O–H groups in total. The van der Waals surface area contributed by atoms with Gasteiger partial charge in [0, 0.05) is 32.7 Å². The molecule has 3 nitrogen and oxygen atoms in total. The number of fused-ring (bicyclic) bond motifs is 6. The van der Waals surface area contributed by atoms with Gasteiger partial charge in [-0.05, 0) is 107 Å². The summed E-state index contributed by atoms with van der Waals surface area (Å²) in [4.78, 5) is 0. The van der Waals surface area contributed by atoms with Crippen LogP contribution >= 0.6 is 0 Å². The fraction of sp³-hybridized carbons (Fsp3) is 0.119. The molecule has 2 aromatic heterocycles. The Balaban J connectivity index is 1.55. The van der Waals surface area contributed by atoms with Crippen molar-refractivity contribution >= 4 is 43.6 Å². The van der Waals surface area contributed by atoms with Crippen LogP contribution in [0.15, 0.2) is 109 Å². The summed E-state index contributed by atoms with van der Waals surface area (Å²) in [6, 6.07) is 36.4. The average molecular weight is 634 g/mol. The minimum absolute atomic E-state index is 0.287. The van der Waals surface area contributed by atoms with E-state index in [9.17, 15) is 18.4 Å². The first-order valence-electron chi connectivity index (χ1n) is 15.8. The molecular weight excluding hydrogens is 603 g/mol. The Morgan fingerprint density at radius 3 is 1.38 bits per heavy atom. The van der Waals surface area contributed by atoms with E-state index >= 15 is 0 Å². The molecule has 0 spiro atoms. The summed E-state index contributed by atoms with van der Waals surface area (Å²) >= 11 is 0. The maximum absolute atomic E-state index is 14.5. The fourth-order valence-electron chi connectivity index (χ4n) is 7.23. The second-order valence-corrected chi connectivity index (χ2v) is 12.8. The van der Waals surface area contributed by atoms with Crippen molar-refractivity contribution in [2.24, 2.45) is 0 Å². The van der Waals surface area contributed by atoms with Crippen molar-refractivity contribution in [2.45, 2.75) is 33.9 Å². The predicted octanol–water partition coefficient (Wildman–Crippen LogP) is 11.7. The van der Waals surface area contributed by atoms with E-state index in [4.69, 9.17) is 0 Å². The van der Waals surface area contributed by atoms with Crippen LogP contribution in [0.25, 0.3) is 66.1 Å². The molecule has 0 fully saturated rings. The molecular formula is C42H30F3N3. The van der Waals surface area contributed by atoms with Crippen molar-refractivity contribution in [2.75, 3.05) is 0 Å². The quantitative estimate of drug-likeness (QED) is 0.191. The van der Waals surface area contributed by atoms with Gasteiger partial charge in [0.25, 0.3) is 0 Å². The van der Waals surface area contributed by atoms with Gasteiger partial charge in [-0.15, -0.1) is 0 Å². The largest absolute Gasteiger partial charge is 0.416 e. The van der Waals surface area contributed by atoms with E-state index in [1.165, 1.54) is 6.07 Å². The third-order valence-corrected chi connectivity index (χ3v) is 9.39. The minimum Gasteiger partial charge on any atom is -0.309 e. The van der Waals surface area contributed by atoms with Crippen molar-refractivity contribution in [3.8, 4) is 28.6 Å². The first kappa shape index (κ1) is 29.6. The Morgan fingerprint density at radius 2 is 0.958 bits per heavy atom. The number of rotatable bonds is 3. The Labute approximate surface area is 275 Å². The number of nitrogens with zero attached hydrogens (tertiary/aromatic N) is 3. The summed E-state index contributed by atoms with van der Waals surface area (Å²) in [5.74, 6) is 0. The molecule has 0 radical (unpaired) electrons. The number of hydrogen-bond acceptors (Lipinski definition) is 1. The second-order valence-electron chi connectivity index (χ2n) is 12.8. The van der Waals surface area contributed by atoms with Gasteiger partial charge in [-0.2, -0.15) is 18.4 Å². The lowest BCUT2D eigenvalue weighted by Crippen LogP contribution is -2.08. The van der Waals surface area contributed by atoms with Gasteiger partial charge < -0.3 is 9.13 Å². The van der Waals surface area contributed by atoms with Crippen LogP contribution in [0.4, 0.5) is 13.2 Å². The molecule has 0 aliphatic rings. The molecule has 0 aliphatic carbocycles. The van der Waals surface area contributed by atoms with Crippen molar-refractivity contribution < 1.29 is 13.2 Å². The standard InChI is InChI=1S/C42H30F3N3/c1-24-8-13-35-30(18-24)31-19-25(2)9-14-36(31)47(35)39-17-12-29(42(43,44)45)22-34(39)41-28(23-46)6-5-7-40(41)48-37-15-10-26(3)20-32(37)33-21-27(4)11-16-38(33)48/h5-22H,1-4H3. The van der Waals surface area contributed by atoms with Gasteiger partial charge in [0.05, 0.1) is 50.6 Å². The third kappa shape index (κ3) is 4.50. The van der Waals surface area contributed by atoms with Crippen LogP contribution in [0.2, 0.25) is 0 Å². The first-order chi connectivity index (χ1) is 23.0. The monoisotopic (exact) mass is 633 g/mol. The third-order valence-electron chi connectivity index (χ3n) is 9.39. The summed E-state index contributed by atoms with van der Waals surface area (Å²) < 4.78 is 47.7. The zero-order valence-electron chi connectivity index (χ0n) is 26.9. The maximum Gasteiger partial charge on any atom is 0.416 e. The maximum atomic E-state index is 14.5. The first-order valence-corrected chi connectivity index (χ1v) is 15.8. The summed E-state index contributed by atoms with van der Waals surface area (Å²) in [6.07, 6.45) is -4.59. The Bertz CT molecular complexity index is 2540.